The fourth-order valence-corrected chi connectivity index (χ4v) is 2.11. The summed E-state index contributed by atoms with van der Waals surface area (Å²) in [6.07, 6.45) is 3.89. The van der Waals surface area contributed by atoms with Crippen molar-refractivity contribution in [1.29, 1.82) is 0 Å². The number of pyridine rings is 1. The normalized spacial score (nSPS) is 10.9. The van der Waals surface area contributed by atoms with Crippen LogP contribution in [0.15, 0.2) is 36.8 Å². The maximum atomic E-state index is 11.9. The van der Waals surface area contributed by atoms with Crippen LogP contribution in [0.2, 0.25) is 0 Å². The van der Waals surface area contributed by atoms with Gasteiger partial charge in [-0.05, 0) is 39.0 Å². The zero-order valence-electron chi connectivity index (χ0n) is 16.5. The Labute approximate surface area is 171 Å². The van der Waals surface area contributed by atoms with Crippen molar-refractivity contribution in [3.05, 3.63) is 36.8 Å². The monoisotopic (exact) mass is 409 g/mol. The van der Waals surface area contributed by atoms with Crippen molar-refractivity contribution in [2.45, 2.75) is 26.4 Å². The number of hydrogen-bond acceptors (Lipinski definition) is 10. The van der Waals surface area contributed by atoms with Crippen molar-refractivity contribution in [2.75, 3.05) is 11.9 Å². The molecule has 0 aromatic carbocycles. The minimum Gasteiger partial charge on any atom is -0.444 e. The third-order valence-electron chi connectivity index (χ3n) is 3.31. The predicted molar refractivity (Wildman–Crippen MR) is 105 cm³/mol. The van der Waals surface area contributed by atoms with Crippen molar-refractivity contribution in [3.63, 3.8) is 0 Å². The van der Waals surface area contributed by atoms with Gasteiger partial charge in [0.1, 0.15) is 17.8 Å². The molecule has 0 aliphatic heterocycles. The van der Waals surface area contributed by atoms with Gasteiger partial charge in [0, 0.05) is 12.4 Å². The highest BCUT2D eigenvalue weighted by molar-refractivity contribution is 5.93. The second-order valence-corrected chi connectivity index (χ2v) is 6.96. The third kappa shape index (κ3) is 5.95. The number of amides is 2. The molecule has 3 heterocycles. The summed E-state index contributed by atoms with van der Waals surface area (Å²) in [6.45, 7) is 4.96. The molecule has 0 radical (unpaired) electrons. The number of alkyl carbamates (subject to hydrolysis) is 1. The van der Waals surface area contributed by atoms with E-state index in [0.717, 1.165) is 0 Å². The number of ether oxygens (including phenoxy) is 1. The van der Waals surface area contributed by atoms with E-state index in [-0.39, 0.29) is 18.2 Å². The van der Waals surface area contributed by atoms with Gasteiger partial charge >= 0.3 is 6.09 Å². The number of nitrogens with one attached hydrogen (secondary N) is 2. The molecule has 0 unspecified atom stereocenters. The van der Waals surface area contributed by atoms with Gasteiger partial charge in [0.05, 0.1) is 11.9 Å². The Hall–Kier alpha value is -4.09. The van der Waals surface area contributed by atoms with Crippen LogP contribution in [-0.2, 0) is 9.53 Å². The zero-order valence-corrected chi connectivity index (χ0v) is 16.5. The summed E-state index contributed by atoms with van der Waals surface area (Å²) >= 11 is 0. The Balaban J connectivity index is 1.56. The summed E-state index contributed by atoms with van der Waals surface area (Å²) in [6, 6.07) is 4.90. The number of aromatic nitrogens is 7. The maximum absolute atomic E-state index is 11.9. The highest BCUT2D eigenvalue weighted by Crippen LogP contribution is 2.14. The topological polar surface area (TPSA) is 158 Å². The second-order valence-electron chi connectivity index (χ2n) is 6.96. The summed E-state index contributed by atoms with van der Waals surface area (Å²) in [5.74, 6) is 0.289. The van der Waals surface area contributed by atoms with Crippen LogP contribution < -0.4 is 10.6 Å². The van der Waals surface area contributed by atoms with E-state index in [2.05, 4.69) is 46.0 Å². The lowest BCUT2D eigenvalue weighted by Gasteiger charge is -2.19. The van der Waals surface area contributed by atoms with E-state index in [1.54, 1.807) is 51.4 Å². The van der Waals surface area contributed by atoms with Crippen molar-refractivity contribution >= 4 is 17.7 Å². The first kappa shape index (κ1) is 20.6. The van der Waals surface area contributed by atoms with Gasteiger partial charge in [0.15, 0.2) is 0 Å². The van der Waals surface area contributed by atoms with Crippen molar-refractivity contribution in [1.82, 2.24) is 40.7 Å². The quantitative estimate of drug-likeness (QED) is 0.628. The largest absolute Gasteiger partial charge is 0.444 e. The van der Waals surface area contributed by atoms with Crippen LogP contribution in [0.1, 0.15) is 20.8 Å². The molecular weight excluding hydrogens is 390 g/mol. The van der Waals surface area contributed by atoms with Crippen molar-refractivity contribution < 1.29 is 14.3 Å². The van der Waals surface area contributed by atoms with Crippen LogP contribution in [0.25, 0.3) is 23.2 Å². The van der Waals surface area contributed by atoms with Crippen LogP contribution in [0, 0.1) is 0 Å². The summed E-state index contributed by atoms with van der Waals surface area (Å²) in [4.78, 5) is 35.8. The first-order chi connectivity index (χ1) is 14.3. The summed E-state index contributed by atoms with van der Waals surface area (Å²) in [7, 11) is 0. The number of carbonyl (C=O) groups excluding carboxylic acids is 2. The molecule has 30 heavy (non-hydrogen) atoms. The molecule has 0 fully saturated rings. The number of nitrogens with zero attached hydrogens (tertiary/aromatic N) is 7. The first-order valence-corrected chi connectivity index (χ1v) is 8.88. The number of hydrogen-bond donors (Lipinski definition) is 2. The molecule has 0 atom stereocenters. The highest BCUT2D eigenvalue weighted by Gasteiger charge is 2.16. The van der Waals surface area contributed by atoms with Crippen LogP contribution in [-0.4, -0.2) is 59.5 Å². The van der Waals surface area contributed by atoms with Gasteiger partial charge in [0.25, 0.3) is 0 Å². The van der Waals surface area contributed by atoms with E-state index < -0.39 is 17.6 Å². The van der Waals surface area contributed by atoms with E-state index in [9.17, 15) is 9.59 Å². The van der Waals surface area contributed by atoms with E-state index in [1.807, 2.05) is 0 Å². The highest BCUT2D eigenvalue weighted by atomic mass is 16.6. The first-order valence-electron chi connectivity index (χ1n) is 8.88. The fourth-order valence-electron chi connectivity index (χ4n) is 2.11. The van der Waals surface area contributed by atoms with Crippen molar-refractivity contribution in [2.24, 2.45) is 0 Å². The van der Waals surface area contributed by atoms with Gasteiger partial charge in [-0.25, -0.2) is 14.8 Å². The summed E-state index contributed by atoms with van der Waals surface area (Å²) < 4.78 is 5.06. The maximum Gasteiger partial charge on any atom is 0.408 e. The second kappa shape index (κ2) is 8.94. The third-order valence-corrected chi connectivity index (χ3v) is 3.31. The molecule has 0 saturated heterocycles. The number of carbonyl (C=O) groups is 2. The molecule has 12 nitrogen and oxygen atoms in total. The lowest BCUT2D eigenvalue weighted by atomic mass is 10.2. The molecule has 0 bridgehead atoms. The molecule has 12 heteroatoms. The van der Waals surface area contributed by atoms with Gasteiger partial charge in [-0.15, -0.1) is 20.4 Å². The van der Waals surface area contributed by atoms with Crippen molar-refractivity contribution in [3.8, 4) is 23.2 Å². The van der Waals surface area contributed by atoms with E-state index >= 15 is 0 Å². The van der Waals surface area contributed by atoms with Crippen LogP contribution in [0.3, 0.4) is 0 Å². The van der Waals surface area contributed by atoms with E-state index in [4.69, 9.17) is 4.74 Å². The zero-order chi connectivity index (χ0) is 21.6. The van der Waals surface area contributed by atoms with Gasteiger partial charge < -0.3 is 15.4 Å². The van der Waals surface area contributed by atoms with E-state index in [1.165, 1.54) is 6.20 Å². The Morgan fingerprint density at radius 3 is 2.20 bits per heavy atom. The molecular formula is C18H19N9O3. The molecule has 3 aromatic heterocycles. The average molecular weight is 409 g/mol. The molecule has 0 spiro atoms. The van der Waals surface area contributed by atoms with Gasteiger partial charge in [-0.3, -0.25) is 9.78 Å². The lowest BCUT2D eigenvalue weighted by molar-refractivity contribution is -0.115. The van der Waals surface area contributed by atoms with Crippen LogP contribution in [0.4, 0.5) is 10.5 Å². The summed E-state index contributed by atoms with van der Waals surface area (Å²) in [5.41, 5.74) is 0.212. The molecule has 2 amide bonds. The van der Waals surface area contributed by atoms with Gasteiger partial charge in [-0.2, -0.15) is 0 Å². The Kier molecular flexibility index (Phi) is 6.15. The minimum atomic E-state index is -0.673. The Bertz CT molecular complexity index is 1000. The molecule has 3 aromatic rings. The smallest absolute Gasteiger partial charge is 0.408 e. The number of anilines is 1. The molecule has 154 valence electrons. The van der Waals surface area contributed by atoms with Crippen LogP contribution in [0.5, 0.6) is 0 Å². The van der Waals surface area contributed by atoms with Gasteiger partial charge in [0.2, 0.25) is 23.4 Å². The standard InChI is InChI=1S/C18H19N9O3/c1-18(2,3)30-17(29)22-10-13(28)23-11-5-6-12(21-9-11)14-24-26-16(27-25-14)15-19-7-4-8-20-15/h4-9H,10H2,1-3H3,(H,22,29)(H,23,28). The summed E-state index contributed by atoms with van der Waals surface area (Å²) in [5, 5.41) is 20.8. The lowest BCUT2D eigenvalue weighted by Crippen LogP contribution is -2.37. The Morgan fingerprint density at radius 2 is 1.60 bits per heavy atom. The fraction of sp³-hybridized carbons (Fsp3) is 0.278. The SMILES string of the molecule is CC(C)(C)OC(=O)NCC(=O)Nc1ccc(-c2nnc(-c3ncccn3)nn2)nc1. The minimum absolute atomic E-state index is 0.195. The molecule has 0 aliphatic rings. The van der Waals surface area contributed by atoms with E-state index in [0.29, 0.717) is 17.2 Å². The number of rotatable bonds is 5. The van der Waals surface area contributed by atoms with Gasteiger partial charge in [-0.1, -0.05) is 0 Å². The van der Waals surface area contributed by atoms with Crippen LogP contribution >= 0.6 is 0 Å². The average Bonchev–Trinajstić information content (AvgIpc) is 2.72. The Morgan fingerprint density at radius 1 is 0.933 bits per heavy atom. The molecule has 0 saturated carbocycles. The molecule has 3 rings (SSSR count). The molecule has 2 N–H and O–H groups in total. The molecule has 0 aliphatic carbocycles. The predicted octanol–water partition coefficient (Wildman–Crippen LogP) is 1.25.